The number of para-hydroxylation sites is 2. The number of fused-ring (bicyclic) bond motifs is 9. The minimum atomic E-state index is -0.524. The second-order valence-corrected chi connectivity index (χ2v) is 8.59. The molecule has 2 aromatic heterocycles. The Labute approximate surface area is 178 Å². The lowest BCUT2D eigenvalue weighted by molar-refractivity contribution is 0.430. The summed E-state index contributed by atoms with van der Waals surface area (Å²) in [6.45, 7) is 0. The van der Waals surface area contributed by atoms with Crippen molar-refractivity contribution in [3.8, 4) is 22.9 Å². The molecule has 2 aromatic carbocycles. The molecule has 3 heterocycles. The summed E-state index contributed by atoms with van der Waals surface area (Å²) in [5.41, 5.74) is 5.77. The zero-order chi connectivity index (χ0) is 18.9. The number of aromatic nitrogens is 2. The molecule has 0 radical (unpaired) electrons. The molecule has 0 unspecified atom stereocenters. The van der Waals surface area contributed by atoms with Gasteiger partial charge in [-0.3, -0.25) is 9.97 Å². The molecule has 3 nitrogen and oxygen atoms in total. The molecule has 0 saturated carbocycles. The van der Waals surface area contributed by atoms with Crippen molar-refractivity contribution >= 4 is 31.9 Å². The Morgan fingerprint density at radius 1 is 0.607 bits per heavy atom. The molecule has 0 atom stereocenters. The van der Waals surface area contributed by atoms with E-state index in [0.717, 1.165) is 54.1 Å². The third kappa shape index (κ3) is 1.88. The number of halogens is 2. The van der Waals surface area contributed by atoms with E-state index in [4.69, 9.17) is 14.7 Å². The van der Waals surface area contributed by atoms with Crippen LogP contribution in [0.2, 0.25) is 0 Å². The fourth-order valence-corrected chi connectivity index (χ4v) is 5.48. The highest BCUT2D eigenvalue weighted by molar-refractivity contribution is 9.11. The monoisotopic (exact) mass is 490 g/mol. The van der Waals surface area contributed by atoms with Crippen LogP contribution < -0.4 is 4.74 Å². The normalized spacial score (nSPS) is 14.6. The summed E-state index contributed by atoms with van der Waals surface area (Å²) in [6, 6.07) is 20.7. The minimum Gasteiger partial charge on any atom is -0.454 e. The molecular formula is C23H12Br2N2O. The summed E-state index contributed by atoms with van der Waals surface area (Å²) < 4.78 is 8.27. The number of nitrogens with zero attached hydrogens (tertiary/aromatic N) is 2. The van der Waals surface area contributed by atoms with Gasteiger partial charge in [0.2, 0.25) is 0 Å². The molecule has 1 aliphatic heterocycles. The lowest BCUT2D eigenvalue weighted by Gasteiger charge is -2.39. The first kappa shape index (κ1) is 16.5. The molecule has 1 spiro atoms. The minimum absolute atomic E-state index is 0.524. The molecule has 0 N–H and O–H groups in total. The van der Waals surface area contributed by atoms with E-state index in [1.165, 1.54) is 0 Å². The highest BCUT2D eigenvalue weighted by atomic mass is 79.9. The van der Waals surface area contributed by atoms with E-state index in [0.29, 0.717) is 0 Å². The van der Waals surface area contributed by atoms with Crippen molar-refractivity contribution in [3.63, 3.8) is 0 Å². The predicted molar refractivity (Wildman–Crippen MR) is 115 cm³/mol. The Morgan fingerprint density at radius 2 is 1.07 bits per heavy atom. The van der Waals surface area contributed by atoms with Gasteiger partial charge in [-0.15, -0.1) is 0 Å². The fourth-order valence-electron chi connectivity index (χ4n) is 4.58. The molecule has 0 fully saturated rings. The van der Waals surface area contributed by atoms with E-state index in [-0.39, 0.29) is 0 Å². The zero-order valence-electron chi connectivity index (χ0n) is 14.5. The highest BCUT2D eigenvalue weighted by Crippen LogP contribution is 2.62. The Balaban J connectivity index is 1.88. The summed E-state index contributed by atoms with van der Waals surface area (Å²) in [5.74, 6) is 1.65. The van der Waals surface area contributed by atoms with Gasteiger partial charge >= 0.3 is 0 Å². The summed E-state index contributed by atoms with van der Waals surface area (Å²) in [5, 5.41) is 0. The van der Waals surface area contributed by atoms with Gasteiger partial charge in [0.05, 0.1) is 25.7 Å². The SMILES string of the molecule is Brc1cccc2c1Oc1c(Br)cccc1C21c2cccnc2-c2ncccc21. The van der Waals surface area contributed by atoms with Crippen LogP contribution in [0.15, 0.2) is 82.0 Å². The second kappa shape index (κ2) is 5.75. The maximum atomic E-state index is 6.42. The van der Waals surface area contributed by atoms with Crippen LogP contribution in [0.3, 0.4) is 0 Å². The quantitative estimate of drug-likeness (QED) is 0.244. The molecule has 28 heavy (non-hydrogen) atoms. The van der Waals surface area contributed by atoms with E-state index in [1.807, 2.05) is 36.7 Å². The van der Waals surface area contributed by atoms with Gasteiger partial charge in [0.25, 0.3) is 0 Å². The van der Waals surface area contributed by atoms with Crippen LogP contribution in [0.5, 0.6) is 11.5 Å². The number of benzene rings is 2. The Morgan fingerprint density at radius 3 is 1.57 bits per heavy atom. The van der Waals surface area contributed by atoms with Gasteiger partial charge in [-0.1, -0.05) is 36.4 Å². The molecule has 2 aliphatic rings. The number of ether oxygens (including phenoxy) is 1. The zero-order valence-corrected chi connectivity index (χ0v) is 17.7. The molecule has 4 aromatic rings. The molecular weight excluding hydrogens is 480 g/mol. The summed E-state index contributed by atoms with van der Waals surface area (Å²) in [7, 11) is 0. The number of rotatable bonds is 0. The van der Waals surface area contributed by atoms with Gasteiger partial charge in [0, 0.05) is 23.5 Å². The van der Waals surface area contributed by atoms with Crippen molar-refractivity contribution in [2.24, 2.45) is 0 Å². The van der Waals surface area contributed by atoms with Crippen LogP contribution in [-0.4, -0.2) is 9.97 Å². The lowest BCUT2D eigenvalue weighted by Crippen LogP contribution is -2.32. The topological polar surface area (TPSA) is 35.0 Å². The van der Waals surface area contributed by atoms with Crippen molar-refractivity contribution in [3.05, 3.63) is 104 Å². The second-order valence-electron chi connectivity index (χ2n) is 6.88. The average molecular weight is 492 g/mol. The van der Waals surface area contributed by atoms with Crippen LogP contribution in [0.4, 0.5) is 0 Å². The van der Waals surface area contributed by atoms with Gasteiger partial charge in [-0.05, 0) is 67.3 Å². The van der Waals surface area contributed by atoms with Crippen molar-refractivity contribution in [2.45, 2.75) is 5.41 Å². The third-order valence-corrected chi connectivity index (χ3v) is 6.84. The van der Waals surface area contributed by atoms with Gasteiger partial charge in [-0.2, -0.15) is 0 Å². The predicted octanol–water partition coefficient (Wildman–Crippen LogP) is 6.47. The van der Waals surface area contributed by atoms with Gasteiger partial charge in [-0.25, -0.2) is 0 Å². The highest BCUT2D eigenvalue weighted by Gasteiger charge is 2.52. The van der Waals surface area contributed by atoms with Crippen LogP contribution in [0.1, 0.15) is 22.3 Å². The van der Waals surface area contributed by atoms with Crippen LogP contribution >= 0.6 is 31.9 Å². The van der Waals surface area contributed by atoms with Crippen LogP contribution in [0, 0.1) is 0 Å². The number of pyridine rings is 2. The maximum absolute atomic E-state index is 6.42. The first-order chi connectivity index (χ1) is 13.7. The van der Waals surface area contributed by atoms with E-state index in [2.05, 4.69) is 68.3 Å². The molecule has 134 valence electrons. The van der Waals surface area contributed by atoms with Gasteiger partial charge < -0.3 is 4.74 Å². The smallest absolute Gasteiger partial charge is 0.146 e. The largest absolute Gasteiger partial charge is 0.454 e. The fraction of sp³-hybridized carbons (Fsp3) is 0.0435. The standard InChI is InChI=1S/C23H12Br2N2O/c24-17-9-1-5-15-21(17)28-22-16(6-2-10-18(22)25)23(15)13-7-3-11-26-19(13)20-14(23)8-4-12-27-20/h1-12H. The number of hydrogen-bond donors (Lipinski definition) is 0. The third-order valence-electron chi connectivity index (χ3n) is 5.59. The first-order valence-electron chi connectivity index (χ1n) is 8.90. The average Bonchev–Trinajstić information content (AvgIpc) is 3.02. The maximum Gasteiger partial charge on any atom is 0.146 e. The van der Waals surface area contributed by atoms with Crippen molar-refractivity contribution < 1.29 is 4.74 Å². The Kier molecular flexibility index (Phi) is 3.38. The molecule has 0 bridgehead atoms. The Hall–Kier alpha value is -2.50. The van der Waals surface area contributed by atoms with E-state index >= 15 is 0 Å². The summed E-state index contributed by atoms with van der Waals surface area (Å²) >= 11 is 7.39. The van der Waals surface area contributed by atoms with Gasteiger partial charge in [0.1, 0.15) is 11.5 Å². The van der Waals surface area contributed by atoms with Crippen molar-refractivity contribution in [1.29, 1.82) is 0 Å². The van der Waals surface area contributed by atoms with Crippen LogP contribution in [-0.2, 0) is 5.41 Å². The lowest BCUT2D eigenvalue weighted by atomic mass is 9.66. The molecule has 0 amide bonds. The summed E-state index contributed by atoms with van der Waals surface area (Å²) in [6.07, 6.45) is 3.67. The molecule has 1 aliphatic carbocycles. The van der Waals surface area contributed by atoms with E-state index in [1.54, 1.807) is 0 Å². The van der Waals surface area contributed by atoms with E-state index in [9.17, 15) is 0 Å². The molecule has 0 saturated heterocycles. The van der Waals surface area contributed by atoms with E-state index < -0.39 is 5.41 Å². The number of hydrogen-bond acceptors (Lipinski definition) is 3. The molecule has 5 heteroatoms. The summed E-state index contributed by atoms with van der Waals surface area (Å²) in [4.78, 5) is 9.43. The van der Waals surface area contributed by atoms with Crippen molar-refractivity contribution in [2.75, 3.05) is 0 Å². The van der Waals surface area contributed by atoms with Crippen molar-refractivity contribution in [1.82, 2.24) is 9.97 Å². The molecule has 6 rings (SSSR count). The first-order valence-corrected chi connectivity index (χ1v) is 10.5. The Bertz CT molecular complexity index is 1190. The van der Waals surface area contributed by atoms with Gasteiger partial charge in [0.15, 0.2) is 0 Å². The van der Waals surface area contributed by atoms with Crippen LogP contribution in [0.25, 0.3) is 11.4 Å².